The van der Waals surface area contributed by atoms with E-state index in [9.17, 15) is 39.5 Å². The minimum atomic E-state index is -6.92. The number of thioether (sulfide) groups is 1. The zero-order chi connectivity index (χ0) is 17.6. The van der Waals surface area contributed by atoms with Crippen molar-refractivity contribution in [3.8, 4) is 0 Å². The number of benzene rings is 1. The molecule has 0 atom stereocenters. The smallest absolute Gasteiger partial charge is 0.191 e. The van der Waals surface area contributed by atoms with Gasteiger partial charge in [-0.1, -0.05) is 23.2 Å². The SMILES string of the molecule is FC(F)(F)C(F)(F)C(F)(F)C(F)(F)Sc1ccc(Cl)c(Cl)c1. The van der Waals surface area contributed by atoms with Crippen molar-refractivity contribution < 1.29 is 39.5 Å². The molecule has 0 saturated carbocycles. The van der Waals surface area contributed by atoms with Gasteiger partial charge in [0.05, 0.1) is 10.0 Å². The lowest BCUT2D eigenvalue weighted by molar-refractivity contribution is -0.381. The molecule has 0 heterocycles. The first-order valence-electron chi connectivity index (χ1n) is 4.98. The van der Waals surface area contributed by atoms with Gasteiger partial charge >= 0.3 is 23.3 Å². The molecule has 22 heavy (non-hydrogen) atoms. The summed E-state index contributed by atoms with van der Waals surface area (Å²) in [5.41, 5.74) is 0. The van der Waals surface area contributed by atoms with Gasteiger partial charge in [-0.25, -0.2) is 0 Å². The first-order valence-corrected chi connectivity index (χ1v) is 6.55. The predicted molar refractivity (Wildman–Crippen MR) is 63.2 cm³/mol. The van der Waals surface area contributed by atoms with E-state index in [2.05, 4.69) is 0 Å². The van der Waals surface area contributed by atoms with Crippen LogP contribution in [0.4, 0.5) is 39.5 Å². The van der Waals surface area contributed by atoms with Crippen LogP contribution in [0.3, 0.4) is 0 Å². The average molecular weight is 397 g/mol. The molecular formula is C10H3Cl2F9S. The third-order valence-electron chi connectivity index (χ3n) is 2.25. The molecule has 0 bridgehead atoms. The van der Waals surface area contributed by atoms with E-state index in [0.717, 1.165) is 6.07 Å². The molecule has 1 rings (SSSR count). The lowest BCUT2D eigenvalue weighted by Crippen LogP contribution is -2.59. The van der Waals surface area contributed by atoms with E-state index < -0.39 is 39.9 Å². The first-order chi connectivity index (χ1) is 9.63. The minimum absolute atomic E-state index is 0.151. The fourth-order valence-corrected chi connectivity index (χ4v) is 2.34. The van der Waals surface area contributed by atoms with Crippen molar-refractivity contribution in [2.45, 2.75) is 28.2 Å². The Labute approximate surface area is 131 Å². The fraction of sp³-hybridized carbons (Fsp3) is 0.400. The topological polar surface area (TPSA) is 0 Å². The van der Waals surface area contributed by atoms with Crippen LogP contribution >= 0.6 is 35.0 Å². The van der Waals surface area contributed by atoms with E-state index in [4.69, 9.17) is 23.2 Å². The molecule has 126 valence electrons. The molecular weight excluding hydrogens is 394 g/mol. The fourth-order valence-electron chi connectivity index (χ4n) is 1.11. The summed E-state index contributed by atoms with van der Waals surface area (Å²) in [6.45, 7) is 0. The molecule has 1 aromatic carbocycles. The number of hydrogen-bond donors (Lipinski definition) is 0. The van der Waals surface area contributed by atoms with Crippen LogP contribution < -0.4 is 0 Å². The van der Waals surface area contributed by atoms with E-state index in [1.54, 1.807) is 0 Å². The summed E-state index contributed by atoms with van der Waals surface area (Å²) < 4.78 is 114. The highest BCUT2D eigenvalue weighted by atomic mass is 35.5. The summed E-state index contributed by atoms with van der Waals surface area (Å²) in [5, 5.41) is -6.28. The number of alkyl halides is 9. The summed E-state index contributed by atoms with van der Waals surface area (Å²) in [6.07, 6.45) is -6.85. The van der Waals surface area contributed by atoms with Gasteiger partial charge in [-0.2, -0.15) is 39.5 Å². The van der Waals surface area contributed by atoms with Gasteiger partial charge < -0.3 is 0 Å². The van der Waals surface area contributed by atoms with E-state index in [0.29, 0.717) is 12.1 Å². The maximum atomic E-state index is 13.3. The van der Waals surface area contributed by atoms with Crippen LogP contribution in [0.2, 0.25) is 10.0 Å². The van der Waals surface area contributed by atoms with Crippen LogP contribution in [0.25, 0.3) is 0 Å². The highest BCUT2D eigenvalue weighted by Crippen LogP contribution is 2.58. The summed E-state index contributed by atoms with van der Waals surface area (Å²) in [7, 11) is 0. The monoisotopic (exact) mass is 396 g/mol. The molecule has 0 aliphatic rings. The van der Waals surface area contributed by atoms with Gasteiger partial charge in [-0.15, -0.1) is 0 Å². The van der Waals surface area contributed by atoms with Gasteiger partial charge in [-0.3, -0.25) is 0 Å². The Bertz CT molecular complexity index is 556. The van der Waals surface area contributed by atoms with Crippen LogP contribution in [0.15, 0.2) is 23.1 Å². The lowest BCUT2D eigenvalue weighted by Gasteiger charge is -2.33. The van der Waals surface area contributed by atoms with Crippen molar-refractivity contribution in [2.75, 3.05) is 0 Å². The first kappa shape index (κ1) is 19.6. The summed E-state index contributed by atoms with van der Waals surface area (Å²) in [5.74, 6) is -13.6. The number of hydrogen-bond acceptors (Lipinski definition) is 1. The van der Waals surface area contributed by atoms with Gasteiger partial charge in [0.1, 0.15) is 0 Å². The molecule has 0 saturated heterocycles. The molecule has 0 N–H and O–H groups in total. The molecule has 0 spiro atoms. The Kier molecular flexibility index (Phi) is 5.21. The maximum absolute atomic E-state index is 13.3. The zero-order valence-corrected chi connectivity index (χ0v) is 12.1. The molecule has 0 aliphatic carbocycles. The van der Waals surface area contributed by atoms with Crippen molar-refractivity contribution in [2.24, 2.45) is 0 Å². The number of rotatable bonds is 4. The summed E-state index contributed by atoms with van der Waals surface area (Å²) >= 11 is 9.65. The number of halogens is 11. The van der Waals surface area contributed by atoms with Gasteiger partial charge in [0.2, 0.25) is 0 Å². The molecule has 0 fully saturated rings. The molecule has 1 aromatic rings. The Hall–Kier alpha value is -0.480. The predicted octanol–water partition coefficient (Wildman–Crippen LogP) is 6.51. The van der Waals surface area contributed by atoms with Crippen LogP contribution in [0, 0.1) is 0 Å². The maximum Gasteiger partial charge on any atom is 0.460 e. The standard InChI is InChI=1S/C10H3Cl2F9S/c11-5-2-1-4(3-6(5)12)22-10(20,21)8(15,16)7(13,14)9(17,18)19/h1-3H. The van der Waals surface area contributed by atoms with Crippen LogP contribution in [-0.4, -0.2) is 23.3 Å². The summed E-state index contributed by atoms with van der Waals surface area (Å²) in [6, 6.07) is 2.24. The van der Waals surface area contributed by atoms with E-state index in [1.165, 1.54) is 0 Å². The second-order valence-corrected chi connectivity index (χ2v) is 5.84. The lowest BCUT2D eigenvalue weighted by atomic mass is 10.1. The highest BCUT2D eigenvalue weighted by molar-refractivity contribution is 8.00. The van der Waals surface area contributed by atoms with Crippen molar-refractivity contribution in [3.63, 3.8) is 0 Å². The average Bonchev–Trinajstić information content (AvgIpc) is 2.31. The largest absolute Gasteiger partial charge is 0.460 e. The second-order valence-electron chi connectivity index (χ2n) is 3.84. The highest BCUT2D eigenvalue weighted by Gasteiger charge is 2.82. The Balaban J connectivity index is 3.18. The van der Waals surface area contributed by atoms with Crippen LogP contribution in [0.5, 0.6) is 0 Å². The summed E-state index contributed by atoms with van der Waals surface area (Å²) in [4.78, 5) is -0.767. The van der Waals surface area contributed by atoms with Crippen molar-refractivity contribution in [1.82, 2.24) is 0 Å². The molecule has 0 nitrogen and oxygen atoms in total. The van der Waals surface area contributed by atoms with Crippen molar-refractivity contribution in [3.05, 3.63) is 28.2 Å². The van der Waals surface area contributed by atoms with Crippen molar-refractivity contribution in [1.29, 1.82) is 0 Å². The Morgan fingerprint density at radius 2 is 1.23 bits per heavy atom. The van der Waals surface area contributed by atoms with Gasteiger partial charge in [-0.05, 0) is 30.0 Å². The van der Waals surface area contributed by atoms with Gasteiger partial charge in [0, 0.05) is 4.90 Å². The van der Waals surface area contributed by atoms with E-state index >= 15 is 0 Å². The third kappa shape index (κ3) is 3.38. The Morgan fingerprint density at radius 1 is 0.727 bits per heavy atom. The molecule has 0 radical (unpaired) electrons. The molecule has 0 aromatic heterocycles. The Morgan fingerprint density at radius 3 is 1.64 bits per heavy atom. The van der Waals surface area contributed by atoms with E-state index in [1.807, 2.05) is 0 Å². The van der Waals surface area contributed by atoms with E-state index in [-0.39, 0.29) is 10.0 Å². The minimum Gasteiger partial charge on any atom is -0.191 e. The normalized spacial score (nSPS) is 14.3. The molecule has 0 amide bonds. The molecule has 0 aliphatic heterocycles. The van der Waals surface area contributed by atoms with Crippen molar-refractivity contribution >= 4 is 35.0 Å². The second kappa shape index (κ2) is 5.86. The molecule has 0 unspecified atom stereocenters. The quantitative estimate of drug-likeness (QED) is 0.412. The van der Waals surface area contributed by atoms with Crippen LogP contribution in [0.1, 0.15) is 0 Å². The molecule has 12 heteroatoms. The van der Waals surface area contributed by atoms with Gasteiger partial charge in [0.25, 0.3) is 0 Å². The zero-order valence-electron chi connectivity index (χ0n) is 9.80. The van der Waals surface area contributed by atoms with Crippen LogP contribution in [-0.2, 0) is 0 Å². The third-order valence-corrected chi connectivity index (χ3v) is 3.99. The van der Waals surface area contributed by atoms with Gasteiger partial charge in [0.15, 0.2) is 0 Å².